The van der Waals surface area contributed by atoms with Crippen LogP contribution >= 0.6 is 0 Å². The Morgan fingerprint density at radius 3 is 2.19 bits per heavy atom. The van der Waals surface area contributed by atoms with E-state index in [0.717, 1.165) is 0 Å². The third kappa shape index (κ3) is 4.58. The number of aldehydes is 1. The molecule has 0 aliphatic rings. The van der Waals surface area contributed by atoms with Crippen LogP contribution in [-0.4, -0.2) is 27.8 Å². The first-order chi connectivity index (χ1) is 9.37. The molecule has 1 atom stereocenters. The Labute approximate surface area is 125 Å². The molecule has 1 N–H and O–H groups in total. The SMILES string of the molecule is CC(C)(C)OC(=O)NC(C)(C=O)c1cnn(C(C)(C)C)c1. The smallest absolute Gasteiger partial charge is 0.408 e. The summed E-state index contributed by atoms with van der Waals surface area (Å²) in [6, 6.07) is 0. The minimum Gasteiger partial charge on any atom is -0.444 e. The van der Waals surface area contributed by atoms with Gasteiger partial charge in [-0.2, -0.15) is 5.10 Å². The molecular weight excluding hydrogens is 270 g/mol. The van der Waals surface area contributed by atoms with Gasteiger partial charge in [-0.1, -0.05) is 0 Å². The van der Waals surface area contributed by atoms with Crippen LogP contribution in [0.2, 0.25) is 0 Å². The van der Waals surface area contributed by atoms with Gasteiger partial charge >= 0.3 is 6.09 Å². The Balaban J connectivity index is 2.97. The highest BCUT2D eigenvalue weighted by Crippen LogP contribution is 2.22. The molecule has 0 fully saturated rings. The average Bonchev–Trinajstić information content (AvgIpc) is 2.75. The molecule has 1 unspecified atom stereocenters. The van der Waals surface area contributed by atoms with Gasteiger partial charge in [-0.05, 0) is 48.5 Å². The maximum atomic E-state index is 11.9. The zero-order valence-electron chi connectivity index (χ0n) is 13.9. The molecule has 0 bridgehead atoms. The van der Waals surface area contributed by atoms with Gasteiger partial charge in [-0.15, -0.1) is 0 Å². The maximum absolute atomic E-state index is 11.9. The van der Waals surface area contributed by atoms with Crippen LogP contribution in [0.3, 0.4) is 0 Å². The zero-order chi connectivity index (χ0) is 16.5. The van der Waals surface area contributed by atoms with E-state index in [1.807, 2.05) is 20.8 Å². The lowest BCUT2D eigenvalue weighted by molar-refractivity contribution is -0.113. The summed E-state index contributed by atoms with van der Waals surface area (Å²) in [6.45, 7) is 12.9. The van der Waals surface area contributed by atoms with Gasteiger partial charge in [-0.25, -0.2) is 4.79 Å². The van der Waals surface area contributed by atoms with Gasteiger partial charge in [0.25, 0.3) is 0 Å². The Kier molecular flexibility index (Phi) is 4.51. The topological polar surface area (TPSA) is 73.2 Å². The summed E-state index contributed by atoms with van der Waals surface area (Å²) in [5.41, 5.74) is -1.39. The zero-order valence-corrected chi connectivity index (χ0v) is 13.9. The quantitative estimate of drug-likeness (QED) is 0.870. The number of rotatable bonds is 3. The van der Waals surface area contributed by atoms with Crippen molar-refractivity contribution in [1.82, 2.24) is 15.1 Å². The summed E-state index contributed by atoms with van der Waals surface area (Å²) in [6.07, 6.45) is 3.38. The van der Waals surface area contributed by atoms with Crippen molar-refractivity contribution in [3.8, 4) is 0 Å². The number of amides is 1. The first kappa shape index (κ1) is 17.2. The van der Waals surface area contributed by atoms with Crippen molar-refractivity contribution in [1.29, 1.82) is 0 Å². The number of alkyl carbamates (subject to hydrolysis) is 1. The van der Waals surface area contributed by atoms with Crippen LogP contribution in [0.5, 0.6) is 0 Å². The maximum Gasteiger partial charge on any atom is 0.408 e. The average molecular weight is 295 g/mol. The minimum atomic E-state index is -1.17. The number of aromatic nitrogens is 2. The second-order valence-electron chi connectivity index (χ2n) is 7.29. The van der Waals surface area contributed by atoms with E-state index in [-0.39, 0.29) is 5.54 Å². The van der Waals surface area contributed by atoms with Crippen LogP contribution in [0.15, 0.2) is 12.4 Å². The summed E-state index contributed by atoms with van der Waals surface area (Å²) < 4.78 is 6.95. The number of carbonyl (C=O) groups excluding carboxylic acids is 2. The second-order valence-corrected chi connectivity index (χ2v) is 7.29. The van der Waals surface area contributed by atoms with E-state index in [9.17, 15) is 9.59 Å². The Hall–Kier alpha value is -1.85. The van der Waals surface area contributed by atoms with Crippen LogP contribution in [0.4, 0.5) is 4.79 Å². The third-order valence-corrected chi connectivity index (χ3v) is 2.87. The van der Waals surface area contributed by atoms with Crippen molar-refractivity contribution in [3.05, 3.63) is 18.0 Å². The van der Waals surface area contributed by atoms with Crippen LogP contribution < -0.4 is 5.32 Å². The van der Waals surface area contributed by atoms with Gasteiger partial charge in [0.15, 0.2) is 0 Å². The van der Waals surface area contributed by atoms with Crippen molar-refractivity contribution in [2.45, 2.75) is 65.1 Å². The standard InChI is InChI=1S/C15H25N3O3/c1-13(2,3)18-9-11(8-16-18)15(7,10-19)17-12(20)21-14(4,5)6/h8-10H,1-7H3,(H,17,20). The normalized spacial score (nSPS) is 15.2. The molecule has 0 radical (unpaired) electrons. The number of nitrogens with one attached hydrogen (secondary N) is 1. The Bertz CT molecular complexity index is 523. The Morgan fingerprint density at radius 2 is 1.81 bits per heavy atom. The third-order valence-electron chi connectivity index (χ3n) is 2.87. The van der Waals surface area contributed by atoms with Crippen molar-refractivity contribution in [3.63, 3.8) is 0 Å². The number of hydrogen-bond acceptors (Lipinski definition) is 4. The molecule has 1 aromatic heterocycles. The molecule has 1 amide bonds. The van der Waals surface area contributed by atoms with Gasteiger partial charge in [-0.3, -0.25) is 4.68 Å². The van der Waals surface area contributed by atoms with E-state index in [2.05, 4.69) is 10.4 Å². The van der Waals surface area contributed by atoms with Crippen LogP contribution in [-0.2, 0) is 20.6 Å². The number of hydrogen-bond donors (Lipinski definition) is 1. The molecule has 1 rings (SSSR count). The highest BCUT2D eigenvalue weighted by atomic mass is 16.6. The molecular formula is C15H25N3O3. The van der Waals surface area contributed by atoms with Crippen molar-refractivity contribution < 1.29 is 14.3 Å². The molecule has 1 aromatic rings. The first-order valence-electron chi connectivity index (χ1n) is 6.90. The molecule has 1 heterocycles. The predicted octanol–water partition coefficient (Wildman–Crippen LogP) is 2.58. The summed E-state index contributed by atoms with van der Waals surface area (Å²) in [5, 5.41) is 6.85. The second kappa shape index (κ2) is 5.50. The lowest BCUT2D eigenvalue weighted by Gasteiger charge is -2.27. The highest BCUT2D eigenvalue weighted by Gasteiger charge is 2.32. The molecule has 0 saturated heterocycles. The molecule has 6 nitrogen and oxygen atoms in total. The van der Waals surface area contributed by atoms with E-state index in [1.165, 1.54) is 0 Å². The lowest BCUT2D eigenvalue weighted by Crippen LogP contribution is -2.46. The van der Waals surface area contributed by atoms with Crippen molar-refractivity contribution in [2.75, 3.05) is 0 Å². The van der Waals surface area contributed by atoms with Gasteiger partial charge < -0.3 is 14.8 Å². The summed E-state index contributed by atoms with van der Waals surface area (Å²) in [5.74, 6) is 0. The van der Waals surface area contributed by atoms with E-state index in [1.54, 1.807) is 44.8 Å². The van der Waals surface area contributed by atoms with E-state index < -0.39 is 17.2 Å². The predicted molar refractivity (Wildman–Crippen MR) is 80.0 cm³/mol. The fourth-order valence-corrected chi connectivity index (χ4v) is 1.64. The summed E-state index contributed by atoms with van der Waals surface area (Å²) in [4.78, 5) is 23.4. The first-order valence-corrected chi connectivity index (χ1v) is 6.90. The number of ether oxygens (including phenoxy) is 1. The number of carbonyl (C=O) groups is 2. The van der Waals surface area contributed by atoms with Crippen LogP contribution in [0.25, 0.3) is 0 Å². The fraction of sp³-hybridized carbons (Fsp3) is 0.667. The molecule has 118 valence electrons. The van der Waals surface area contributed by atoms with Gasteiger partial charge in [0.1, 0.15) is 17.4 Å². The molecule has 0 aromatic carbocycles. The van der Waals surface area contributed by atoms with Gasteiger partial charge in [0.05, 0.1) is 11.7 Å². The van der Waals surface area contributed by atoms with Gasteiger partial charge in [0.2, 0.25) is 0 Å². The van der Waals surface area contributed by atoms with E-state index in [4.69, 9.17) is 4.74 Å². The summed E-state index contributed by atoms with van der Waals surface area (Å²) in [7, 11) is 0. The van der Waals surface area contributed by atoms with E-state index in [0.29, 0.717) is 11.8 Å². The molecule has 21 heavy (non-hydrogen) atoms. The largest absolute Gasteiger partial charge is 0.444 e. The van der Waals surface area contributed by atoms with Crippen molar-refractivity contribution >= 4 is 12.4 Å². The molecule has 0 spiro atoms. The minimum absolute atomic E-state index is 0.200. The molecule has 0 aliphatic heterocycles. The molecule has 0 aliphatic carbocycles. The van der Waals surface area contributed by atoms with Crippen LogP contribution in [0, 0.1) is 0 Å². The fourth-order valence-electron chi connectivity index (χ4n) is 1.64. The molecule has 0 saturated carbocycles. The highest BCUT2D eigenvalue weighted by molar-refractivity contribution is 5.77. The van der Waals surface area contributed by atoms with Crippen LogP contribution in [0.1, 0.15) is 54.0 Å². The summed E-state index contributed by atoms with van der Waals surface area (Å²) >= 11 is 0. The lowest BCUT2D eigenvalue weighted by atomic mass is 9.97. The Morgan fingerprint density at radius 1 is 1.24 bits per heavy atom. The van der Waals surface area contributed by atoms with E-state index >= 15 is 0 Å². The van der Waals surface area contributed by atoms with Crippen molar-refractivity contribution in [2.24, 2.45) is 0 Å². The molecule has 6 heteroatoms. The monoisotopic (exact) mass is 295 g/mol. The number of nitrogens with zero attached hydrogens (tertiary/aromatic N) is 2. The van der Waals surface area contributed by atoms with Gasteiger partial charge in [0, 0.05) is 11.8 Å².